The van der Waals surface area contributed by atoms with Crippen molar-refractivity contribution in [3.8, 4) is 11.6 Å². The van der Waals surface area contributed by atoms with Crippen molar-refractivity contribution in [3.05, 3.63) is 70.3 Å². The van der Waals surface area contributed by atoms with E-state index in [4.69, 9.17) is 16.3 Å². The van der Waals surface area contributed by atoms with E-state index in [9.17, 15) is 22.0 Å². The fraction of sp³-hybridized carbons (Fsp3) is 0.250. The van der Waals surface area contributed by atoms with Gasteiger partial charge in [-0.1, -0.05) is 23.7 Å². The summed E-state index contributed by atoms with van der Waals surface area (Å²) < 4.78 is 69.1. The number of rotatable bonds is 7. The van der Waals surface area contributed by atoms with Gasteiger partial charge in [0, 0.05) is 18.8 Å². The summed E-state index contributed by atoms with van der Waals surface area (Å²) in [7, 11) is 0. The highest BCUT2D eigenvalue weighted by atomic mass is 35.5. The third-order valence-corrected chi connectivity index (χ3v) is 4.48. The standard InChI is InChI=1S/C20H16ClF5N4O/c1-11-29-17(18(22)23)16(21)19(30-11)27-9-8-12-2-5-14(6-3-12)31-15-7-4-13(10-28-15)20(24,25)26/h2-7,10,18H,8-9H2,1H3,(H,27,29,30). The van der Waals surface area contributed by atoms with Gasteiger partial charge < -0.3 is 10.1 Å². The molecule has 0 spiro atoms. The number of anilines is 1. The van der Waals surface area contributed by atoms with Crippen LogP contribution in [0.4, 0.5) is 27.8 Å². The van der Waals surface area contributed by atoms with E-state index < -0.39 is 23.9 Å². The smallest absolute Gasteiger partial charge is 0.417 e. The Labute approximate surface area is 179 Å². The highest BCUT2D eigenvalue weighted by Gasteiger charge is 2.30. The molecule has 0 fully saturated rings. The van der Waals surface area contributed by atoms with Gasteiger partial charge in [-0.15, -0.1) is 0 Å². The predicted molar refractivity (Wildman–Crippen MR) is 105 cm³/mol. The van der Waals surface area contributed by atoms with Crippen LogP contribution in [0.25, 0.3) is 0 Å². The molecule has 3 aromatic rings. The molecule has 0 unspecified atom stereocenters. The molecule has 3 rings (SSSR count). The monoisotopic (exact) mass is 458 g/mol. The zero-order valence-electron chi connectivity index (χ0n) is 16.1. The van der Waals surface area contributed by atoms with Crippen LogP contribution in [0.2, 0.25) is 5.02 Å². The number of hydrogen-bond acceptors (Lipinski definition) is 5. The van der Waals surface area contributed by atoms with Crippen LogP contribution in [-0.2, 0) is 12.6 Å². The average molecular weight is 459 g/mol. The van der Waals surface area contributed by atoms with Gasteiger partial charge in [0.15, 0.2) is 0 Å². The lowest BCUT2D eigenvalue weighted by atomic mass is 10.1. The van der Waals surface area contributed by atoms with Crippen molar-refractivity contribution in [3.63, 3.8) is 0 Å². The zero-order chi connectivity index (χ0) is 22.6. The van der Waals surface area contributed by atoms with Gasteiger partial charge in [-0.25, -0.2) is 23.7 Å². The molecule has 2 heterocycles. The molecule has 11 heteroatoms. The topological polar surface area (TPSA) is 59.9 Å². The summed E-state index contributed by atoms with van der Waals surface area (Å²) in [5, 5.41) is 2.71. The first-order valence-electron chi connectivity index (χ1n) is 8.99. The molecule has 0 aliphatic heterocycles. The Morgan fingerprint density at radius 2 is 1.77 bits per heavy atom. The Bertz CT molecular complexity index is 1030. The predicted octanol–water partition coefficient (Wildman–Crippen LogP) is 6.24. The largest absolute Gasteiger partial charge is 0.439 e. The summed E-state index contributed by atoms with van der Waals surface area (Å²) in [5.41, 5.74) is -0.478. The quantitative estimate of drug-likeness (QED) is 0.425. The molecule has 0 bridgehead atoms. The molecule has 0 radical (unpaired) electrons. The van der Waals surface area contributed by atoms with Crippen molar-refractivity contribution in [2.45, 2.75) is 25.9 Å². The van der Waals surface area contributed by atoms with Crippen LogP contribution in [0.3, 0.4) is 0 Å². The molecule has 1 N–H and O–H groups in total. The van der Waals surface area contributed by atoms with Crippen molar-refractivity contribution in [2.24, 2.45) is 0 Å². The minimum atomic E-state index is -4.46. The van der Waals surface area contributed by atoms with Crippen molar-refractivity contribution in [2.75, 3.05) is 11.9 Å². The number of ether oxygens (including phenoxy) is 1. The molecule has 0 atom stereocenters. The summed E-state index contributed by atoms with van der Waals surface area (Å²) in [4.78, 5) is 11.3. The maximum Gasteiger partial charge on any atom is 0.417 e. The number of nitrogens with zero attached hydrogens (tertiary/aromatic N) is 3. The molecule has 1 aromatic carbocycles. The second-order valence-electron chi connectivity index (χ2n) is 6.43. The summed E-state index contributed by atoms with van der Waals surface area (Å²) in [6.07, 6.45) is -6.03. The molecule has 2 aromatic heterocycles. The van der Waals surface area contributed by atoms with Gasteiger partial charge >= 0.3 is 6.18 Å². The lowest BCUT2D eigenvalue weighted by Crippen LogP contribution is -2.10. The Balaban J connectivity index is 1.57. The van der Waals surface area contributed by atoms with Crippen LogP contribution < -0.4 is 10.1 Å². The summed E-state index contributed by atoms with van der Waals surface area (Å²) >= 11 is 5.94. The first-order valence-corrected chi connectivity index (χ1v) is 9.37. The number of aryl methyl sites for hydroxylation is 1. The SMILES string of the molecule is Cc1nc(NCCc2ccc(Oc3ccc(C(F)(F)F)cn3)cc2)c(Cl)c(C(F)F)n1. The van der Waals surface area contributed by atoms with Crippen LogP contribution in [-0.4, -0.2) is 21.5 Å². The van der Waals surface area contributed by atoms with Crippen molar-refractivity contribution < 1.29 is 26.7 Å². The van der Waals surface area contributed by atoms with Gasteiger partial charge in [-0.2, -0.15) is 13.2 Å². The lowest BCUT2D eigenvalue weighted by molar-refractivity contribution is -0.137. The summed E-state index contributed by atoms with van der Waals surface area (Å²) in [6, 6.07) is 8.84. The van der Waals surface area contributed by atoms with E-state index in [0.29, 0.717) is 24.9 Å². The third kappa shape index (κ3) is 6.00. The van der Waals surface area contributed by atoms with E-state index in [2.05, 4.69) is 20.3 Å². The van der Waals surface area contributed by atoms with E-state index in [1.807, 2.05) is 0 Å². The van der Waals surface area contributed by atoms with Gasteiger partial charge in [0.2, 0.25) is 5.88 Å². The fourth-order valence-electron chi connectivity index (χ4n) is 2.62. The second kappa shape index (κ2) is 9.42. The summed E-state index contributed by atoms with van der Waals surface area (Å²) in [5.74, 6) is 0.754. The van der Waals surface area contributed by atoms with Gasteiger partial charge in [0.1, 0.15) is 28.1 Å². The van der Waals surface area contributed by atoms with E-state index >= 15 is 0 Å². The molecule has 0 amide bonds. The third-order valence-electron chi connectivity index (χ3n) is 4.11. The first-order chi connectivity index (χ1) is 14.6. The molecule has 0 saturated heterocycles. The molecular weight excluding hydrogens is 443 g/mol. The van der Waals surface area contributed by atoms with Crippen LogP contribution in [0.15, 0.2) is 42.6 Å². The van der Waals surface area contributed by atoms with Crippen molar-refractivity contribution in [1.82, 2.24) is 15.0 Å². The van der Waals surface area contributed by atoms with Crippen LogP contribution in [0, 0.1) is 6.92 Å². The highest BCUT2D eigenvalue weighted by molar-refractivity contribution is 6.33. The number of hydrogen-bond donors (Lipinski definition) is 1. The highest BCUT2D eigenvalue weighted by Crippen LogP contribution is 2.31. The van der Waals surface area contributed by atoms with Crippen LogP contribution in [0.5, 0.6) is 11.6 Å². The van der Waals surface area contributed by atoms with Crippen molar-refractivity contribution in [1.29, 1.82) is 0 Å². The normalized spacial score (nSPS) is 11.6. The van der Waals surface area contributed by atoms with E-state index in [1.54, 1.807) is 24.3 Å². The molecule has 5 nitrogen and oxygen atoms in total. The average Bonchev–Trinajstić information content (AvgIpc) is 2.71. The van der Waals surface area contributed by atoms with E-state index in [-0.39, 0.29) is 22.5 Å². The summed E-state index contributed by atoms with van der Waals surface area (Å²) in [6.45, 7) is 1.87. The number of pyridine rings is 1. The van der Waals surface area contributed by atoms with Gasteiger partial charge in [0.05, 0.1) is 5.56 Å². The molecule has 0 aliphatic carbocycles. The molecule has 164 valence electrons. The maximum absolute atomic E-state index is 13.0. The molecular formula is C20H16ClF5N4O. The van der Waals surface area contributed by atoms with Crippen LogP contribution >= 0.6 is 11.6 Å². The number of benzene rings is 1. The number of alkyl halides is 5. The number of aromatic nitrogens is 3. The zero-order valence-corrected chi connectivity index (χ0v) is 16.8. The van der Waals surface area contributed by atoms with Crippen molar-refractivity contribution >= 4 is 17.4 Å². The van der Waals surface area contributed by atoms with Gasteiger partial charge in [0.25, 0.3) is 6.43 Å². The Kier molecular flexibility index (Phi) is 6.89. The lowest BCUT2D eigenvalue weighted by Gasteiger charge is -2.11. The number of nitrogens with one attached hydrogen (secondary N) is 1. The first kappa shape index (κ1) is 22.7. The minimum Gasteiger partial charge on any atom is -0.439 e. The molecule has 0 saturated carbocycles. The minimum absolute atomic E-state index is 0.0334. The Morgan fingerprint density at radius 1 is 1.06 bits per heavy atom. The van der Waals surface area contributed by atoms with Crippen LogP contribution in [0.1, 0.15) is 29.1 Å². The Morgan fingerprint density at radius 3 is 2.35 bits per heavy atom. The second-order valence-corrected chi connectivity index (χ2v) is 6.80. The van der Waals surface area contributed by atoms with E-state index in [1.165, 1.54) is 6.92 Å². The van der Waals surface area contributed by atoms with E-state index in [0.717, 1.165) is 17.7 Å². The Hall–Kier alpha value is -3.01. The maximum atomic E-state index is 13.0. The molecule has 31 heavy (non-hydrogen) atoms. The number of halogens is 6. The fourth-order valence-corrected chi connectivity index (χ4v) is 2.85. The van der Waals surface area contributed by atoms with Gasteiger partial charge in [-0.3, -0.25) is 0 Å². The van der Waals surface area contributed by atoms with Gasteiger partial charge in [-0.05, 0) is 37.1 Å². The molecule has 0 aliphatic rings.